The molecule has 1 rings (SSSR count). The van der Waals surface area contributed by atoms with E-state index in [1.807, 2.05) is 0 Å². The molecule has 1 aliphatic rings. The Morgan fingerprint density at radius 3 is 1.42 bits per heavy atom. The van der Waals surface area contributed by atoms with Crippen LogP contribution in [0.3, 0.4) is 0 Å². The third-order valence-electron chi connectivity index (χ3n) is 4.01. The van der Waals surface area contributed by atoms with Gasteiger partial charge < -0.3 is 0 Å². The van der Waals surface area contributed by atoms with Crippen molar-refractivity contribution in [2.45, 2.75) is 53.4 Å². The van der Waals surface area contributed by atoms with E-state index in [0.29, 0.717) is 0 Å². The van der Waals surface area contributed by atoms with Crippen LogP contribution in [0, 0.1) is 23.7 Å². The summed E-state index contributed by atoms with van der Waals surface area (Å²) < 4.78 is 0. The van der Waals surface area contributed by atoms with E-state index < -0.39 is 0 Å². The normalized spacial score (nSPS) is 43.0. The summed E-state index contributed by atoms with van der Waals surface area (Å²) in [5.74, 6) is 4.00. The molecule has 0 aliphatic heterocycles. The zero-order chi connectivity index (χ0) is 9.14. The molecule has 0 aromatic carbocycles. The van der Waals surface area contributed by atoms with Gasteiger partial charge in [-0.25, -0.2) is 0 Å². The van der Waals surface area contributed by atoms with Gasteiger partial charge in [-0.3, -0.25) is 0 Å². The highest BCUT2D eigenvalue weighted by atomic mass is 14.4. The lowest BCUT2D eigenvalue weighted by molar-refractivity contribution is 0.127. The molecule has 1 saturated carbocycles. The topological polar surface area (TPSA) is 0 Å². The first-order valence-corrected chi connectivity index (χ1v) is 5.69. The van der Waals surface area contributed by atoms with Crippen LogP contribution in [0.1, 0.15) is 53.4 Å². The third kappa shape index (κ3) is 2.02. The summed E-state index contributed by atoms with van der Waals surface area (Å²) in [6.07, 6.45) is 5.75. The van der Waals surface area contributed by atoms with Crippen molar-refractivity contribution < 1.29 is 0 Å². The van der Waals surface area contributed by atoms with E-state index in [1.165, 1.54) is 25.7 Å². The Kier molecular flexibility index (Phi) is 3.61. The maximum absolute atomic E-state index is 2.45. The van der Waals surface area contributed by atoms with Gasteiger partial charge in [0, 0.05) is 0 Å². The zero-order valence-electron chi connectivity index (χ0n) is 9.14. The lowest BCUT2D eigenvalue weighted by Gasteiger charge is -2.38. The van der Waals surface area contributed by atoms with Crippen LogP contribution in [0.15, 0.2) is 0 Å². The summed E-state index contributed by atoms with van der Waals surface area (Å²) in [6.45, 7) is 9.59. The van der Waals surface area contributed by atoms with Crippen LogP contribution in [-0.4, -0.2) is 0 Å². The summed E-state index contributed by atoms with van der Waals surface area (Å²) in [6, 6.07) is 0. The lowest BCUT2D eigenvalue weighted by atomic mass is 9.68. The number of rotatable bonds is 2. The summed E-state index contributed by atoms with van der Waals surface area (Å²) in [5.41, 5.74) is 0. The van der Waals surface area contributed by atoms with Gasteiger partial charge in [-0.2, -0.15) is 0 Å². The van der Waals surface area contributed by atoms with Crippen LogP contribution in [0.2, 0.25) is 0 Å². The van der Waals surface area contributed by atoms with Gasteiger partial charge in [0.25, 0.3) is 0 Å². The van der Waals surface area contributed by atoms with E-state index in [9.17, 15) is 0 Å². The minimum atomic E-state index is 0.983. The summed E-state index contributed by atoms with van der Waals surface area (Å²) in [4.78, 5) is 0. The molecule has 4 atom stereocenters. The molecular weight excluding hydrogens is 144 g/mol. The Morgan fingerprint density at radius 1 is 0.833 bits per heavy atom. The molecule has 0 saturated heterocycles. The molecular formula is C12H24. The number of hydrogen-bond donors (Lipinski definition) is 0. The van der Waals surface area contributed by atoms with Crippen molar-refractivity contribution in [1.82, 2.24) is 0 Å². The molecule has 0 aromatic heterocycles. The fraction of sp³-hybridized carbons (Fsp3) is 1.00. The second-order valence-corrected chi connectivity index (χ2v) is 4.76. The second kappa shape index (κ2) is 4.30. The molecule has 0 radical (unpaired) electrons. The maximum Gasteiger partial charge on any atom is -0.0388 e. The minimum Gasteiger partial charge on any atom is -0.0651 e. The third-order valence-corrected chi connectivity index (χ3v) is 4.01. The summed E-state index contributed by atoms with van der Waals surface area (Å²) in [7, 11) is 0. The fourth-order valence-electron chi connectivity index (χ4n) is 2.94. The second-order valence-electron chi connectivity index (χ2n) is 4.76. The van der Waals surface area contributed by atoms with Gasteiger partial charge in [0.15, 0.2) is 0 Å². The molecule has 12 heavy (non-hydrogen) atoms. The van der Waals surface area contributed by atoms with Crippen LogP contribution in [-0.2, 0) is 0 Å². The Balaban J connectivity index is 2.49. The molecule has 0 aromatic rings. The SMILES string of the molecule is CCC1CC(C)C(CC)CC1C. The van der Waals surface area contributed by atoms with E-state index in [2.05, 4.69) is 27.7 Å². The summed E-state index contributed by atoms with van der Waals surface area (Å²) >= 11 is 0. The molecule has 0 N–H and O–H groups in total. The van der Waals surface area contributed by atoms with E-state index in [1.54, 1.807) is 0 Å². The van der Waals surface area contributed by atoms with Crippen molar-refractivity contribution >= 4 is 0 Å². The molecule has 0 heterocycles. The van der Waals surface area contributed by atoms with Gasteiger partial charge in [-0.15, -0.1) is 0 Å². The van der Waals surface area contributed by atoms with Gasteiger partial charge in [0.05, 0.1) is 0 Å². The van der Waals surface area contributed by atoms with Crippen molar-refractivity contribution in [3.05, 3.63) is 0 Å². The Hall–Kier alpha value is 0. The molecule has 1 fully saturated rings. The van der Waals surface area contributed by atoms with Crippen LogP contribution in [0.25, 0.3) is 0 Å². The molecule has 0 amide bonds. The highest BCUT2D eigenvalue weighted by molar-refractivity contribution is 4.80. The first-order valence-electron chi connectivity index (χ1n) is 5.69. The first kappa shape index (κ1) is 10.1. The van der Waals surface area contributed by atoms with E-state index in [-0.39, 0.29) is 0 Å². The van der Waals surface area contributed by atoms with Crippen LogP contribution >= 0.6 is 0 Å². The molecule has 0 spiro atoms. The molecule has 72 valence electrons. The van der Waals surface area contributed by atoms with Gasteiger partial charge in [-0.05, 0) is 36.5 Å². The monoisotopic (exact) mass is 168 g/mol. The van der Waals surface area contributed by atoms with Crippen molar-refractivity contribution in [2.24, 2.45) is 23.7 Å². The van der Waals surface area contributed by atoms with Crippen molar-refractivity contribution in [2.75, 3.05) is 0 Å². The maximum atomic E-state index is 2.45. The van der Waals surface area contributed by atoms with Crippen LogP contribution in [0.5, 0.6) is 0 Å². The highest BCUT2D eigenvalue weighted by Crippen LogP contribution is 2.40. The molecule has 0 nitrogen and oxygen atoms in total. The van der Waals surface area contributed by atoms with Crippen molar-refractivity contribution in [3.8, 4) is 0 Å². The summed E-state index contributed by atoms with van der Waals surface area (Å²) in [5, 5.41) is 0. The highest BCUT2D eigenvalue weighted by Gasteiger charge is 2.30. The van der Waals surface area contributed by atoms with Gasteiger partial charge >= 0.3 is 0 Å². The standard InChI is InChI=1S/C12H24/c1-5-11-7-10(4)12(6-2)8-9(11)3/h9-12H,5-8H2,1-4H3. The van der Waals surface area contributed by atoms with Gasteiger partial charge in [0.1, 0.15) is 0 Å². The van der Waals surface area contributed by atoms with Gasteiger partial charge in [-0.1, -0.05) is 40.5 Å². The zero-order valence-corrected chi connectivity index (χ0v) is 9.14. The molecule has 1 aliphatic carbocycles. The molecule has 4 unspecified atom stereocenters. The predicted octanol–water partition coefficient (Wildman–Crippen LogP) is 4.10. The van der Waals surface area contributed by atoms with Crippen molar-refractivity contribution in [1.29, 1.82) is 0 Å². The van der Waals surface area contributed by atoms with E-state index >= 15 is 0 Å². The predicted molar refractivity (Wildman–Crippen MR) is 55.1 cm³/mol. The number of hydrogen-bond acceptors (Lipinski definition) is 0. The fourth-order valence-corrected chi connectivity index (χ4v) is 2.94. The Bertz CT molecular complexity index is 112. The molecule has 0 bridgehead atoms. The minimum absolute atomic E-state index is 0.983. The average Bonchev–Trinajstić information content (AvgIpc) is 2.08. The average molecular weight is 168 g/mol. The lowest BCUT2D eigenvalue weighted by Crippen LogP contribution is -2.28. The van der Waals surface area contributed by atoms with Crippen LogP contribution in [0.4, 0.5) is 0 Å². The largest absolute Gasteiger partial charge is 0.0651 e. The van der Waals surface area contributed by atoms with Gasteiger partial charge in [0.2, 0.25) is 0 Å². The quantitative estimate of drug-likeness (QED) is 0.582. The Morgan fingerprint density at radius 2 is 1.17 bits per heavy atom. The Labute approximate surface area is 77.7 Å². The van der Waals surface area contributed by atoms with E-state index in [4.69, 9.17) is 0 Å². The smallest absolute Gasteiger partial charge is 0.0388 e. The first-order chi connectivity index (χ1) is 5.69. The van der Waals surface area contributed by atoms with Crippen LogP contribution < -0.4 is 0 Å². The van der Waals surface area contributed by atoms with Crippen molar-refractivity contribution in [3.63, 3.8) is 0 Å². The molecule has 0 heteroatoms. The van der Waals surface area contributed by atoms with E-state index in [0.717, 1.165) is 23.7 Å².